The van der Waals surface area contributed by atoms with Gasteiger partial charge in [-0.15, -0.1) is 0 Å². The van der Waals surface area contributed by atoms with Crippen molar-refractivity contribution >= 4 is 5.78 Å². The van der Waals surface area contributed by atoms with E-state index in [0.717, 1.165) is 0 Å². The van der Waals surface area contributed by atoms with E-state index in [2.05, 4.69) is 95.2 Å². The molecule has 39 heavy (non-hydrogen) atoms. The maximum atomic E-state index is 12.8. The largest absolute Gasteiger partial charge is 0.352 e. The lowest BCUT2D eigenvalue weighted by atomic mass is 9.48. The average Bonchev–Trinajstić information content (AvgIpc) is 2.95. The Balaban J connectivity index is 0.000000395. The van der Waals surface area contributed by atoms with Crippen molar-refractivity contribution in [3.8, 4) is 12.1 Å². The standard InChI is InChI=1S/C18H33NO2.C16H27NO/c1-11(10-19)14(4)17(7)15(5)12(2)13(3)16(6)18(17,20-8)21-9;1-9(8-17)13(5)16(7)14(6)11(3)10(2)12(4)15(16)18/h11-16H,1-9H3;9-14H,1-7H3. The van der Waals surface area contributed by atoms with Gasteiger partial charge in [-0.25, -0.2) is 0 Å². The first kappa shape index (κ1) is 35.6. The van der Waals surface area contributed by atoms with Crippen LogP contribution in [-0.4, -0.2) is 25.8 Å². The second kappa shape index (κ2) is 13.0. The molecule has 0 bridgehead atoms. The molecular formula is C34H60N2O3. The van der Waals surface area contributed by atoms with E-state index in [9.17, 15) is 10.1 Å². The van der Waals surface area contributed by atoms with Gasteiger partial charge < -0.3 is 9.47 Å². The lowest BCUT2D eigenvalue weighted by Crippen LogP contribution is -2.67. The molecule has 14 atom stereocenters. The van der Waals surface area contributed by atoms with Gasteiger partial charge in [0, 0.05) is 48.7 Å². The molecule has 0 heterocycles. The number of nitrogens with zero attached hydrogens (tertiary/aromatic N) is 2. The molecule has 224 valence electrons. The van der Waals surface area contributed by atoms with E-state index in [1.54, 1.807) is 14.2 Å². The highest BCUT2D eigenvalue weighted by Crippen LogP contribution is 2.61. The molecule has 0 N–H and O–H groups in total. The third-order valence-electron chi connectivity index (χ3n) is 13.4. The van der Waals surface area contributed by atoms with Gasteiger partial charge in [-0.1, -0.05) is 83.1 Å². The molecular weight excluding hydrogens is 484 g/mol. The van der Waals surface area contributed by atoms with Gasteiger partial charge in [0.15, 0.2) is 5.79 Å². The molecule has 0 amide bonds. The summed E-state index contributed by atoms with van der Waals surface area (Å²) >= 11 is 0. The van der Waals surface area contributed by atoms with Gasteiger partial charge >= 0.3 is 0 Å². The molecule has 5 heteroatoms. The number of Topliss-reactive ketones (excluding diaryl/α,β-unsaturated/α-hetero) is 1. The van der Waals surface area contributed by atoms with E-state index in [1.165, 1.54) is 0 Å². The first-order chi connectivity index (χ1) is 17.8. The molecule has 2 saturated carbocycles. The summed E-state index contributed by atoms with van der Waals surface area (Å²) < 4.78 is 12.1. The van der Waals surface area contributed by atoms with Gasteiger partial charge in [0.2, 0.25) is 0 Å². The Bertz CT molecular complexity index is 916. The Morgan fingerprint density at radius 2 is 1.05 bits per heavy atom. The van der Waals surface area contributed by atoms with Crippen molar-refractivity contribution in [1.82, 2.24) is 0 Å². The molecule has 0 aromatic carbocycles. The normalized spacial score (nSPS) is 43.1. The average molecular weight is 545 g/mol. The van der Waals surface area contributed by atoms with Crippen LogP contribution in [-0.2, 0) is 14.3 Å². The number of carbonyl (C=O) groups excluding carboxylic acids is 1. The Morgan fingerprint density at radius 3 is 1.46 bits per heavy atom. The maximum absolute atomic E-state index is 12.8. The van der Waals surface area contributed by atoms with Crippen molar-refractivity contribution in [2.24, 2.45) is 81.8 Å². The molecule has 0 aromatic rings. The third-order valence-corrected chi connectivity index (χ3v) is 13.4. The van der Waals surface area contributed by atoms with Crippen LogP contribution in [0.2, 0.25) is 0 Å². The molecule has 0 radical (unpaired) electrons. The van der Waals surface area contributed by atoms with Gasteiger partial charge in [0.25, 0.3) is 0 Å². The highest BCUT2D eigenvalue weighted by molar-refractivity contribution is 5.88. The van der Waals surface area contributed by atoms with Crippen LogP contribution in [0.1, 0.15) is 96.9 Å². The highest BCUT2D eigenvalue weighted by atomic mass is 16.7. The molecule has 2 fully saturated rings. The summed E-state index contributed by atoms with van der Waals surface area (Å²) in [6.45, 7) is 30.3. The fraction of sp³-hybridized carbons (Fsp3) is 0.912. The summed E-state index contributed by atoms with van der Waals surface area (Å²) in [7, 11) is 3.49. The first-order valence-corrected chi connectivity index (χ1v) is 15.3. The van der Waals surface area contributed by atoms with Crippen molar-refractivity contribution in [1.29, 1.82) is 10.5 Å². The lowest BCUT2D eigenvalue weighted by Gasteiger charge is -2.63. The molecule has 0 aromatic heterocycles. The van der Waals surface area contributed by atoms with E-state index in [1.807, 2.05) is 13.8 Å². The monoisotopic (exact) mass is 544 g/mol. The minimum absolute atomic E-state index is 0.0325. The van der Waals surface area contributed by atoms with Gasteiger partial charge in [0.1, 0.15) is 5.78 Å². The summed E-state index contributed by atoms with van der Waals surface area (Å²) in [5, 5.41) is 18.5. The van der Waals surface area contributed by atoms with Crippen LogP contribution in [0.4, 0.5) is 0 Å². The quantitative estimate of drug-likeness (QED) is 0.314. The Morgan fingerprint density at radius 1 is 0.667 bits per heavy atom. The summed E-state index contributed by atoms with van der Waals surface area (Å²) in [4.78, 5) is 12.8. The van der Waals surface area contributed by atoms with E-state index in [-0.39, 0.29) is 46.3 Å². The van der Waals surface area contributed by atoms with Crippen molar-refractivity contribution in [2.75, 3.05) is 14.2 Å². The number of nitriles is 2. The van der Waals surface area contributed by atoms with Crippen LogP contribution in [0.25, 0.3) is 0 Å². The molecule has 0 saturated heterocycles. The minimum Gasteiger partial charge on any atom is -0.352 e. The number of ether oxygens (including phenoxy) is 2. The van der Waals surface area contributed by atoms with Crippen LogP contribution in [0.5, 0.6) is 0 Å². The number of methoxy groups -OCH3 is 2. The van der Waals surface area contributed by atoms with Crippen LogP contribution >= 0.6 is 0 Å². The molecule has 14 unspecified atom stereocenters. The van der Waals surface area contributed by atoms with E-state index < -0.39 is 5.79 Å². The lowest BCUT2D eigenvalue weighted by molar-refractivity contribution is -0.355. The maximum Gasteiger partial charge on any atom is 0.176 e. The van der Waals surface area contributed by atoms with Crippen LogP contribution in [0, 0.1) is 105 Å². The van der Waals surface area contributed by atoms with Crippen LogP contribution in [0.3, 0.4) is 0 Å². The SMILES string of the molecule is CC(C#N)C(C)C1(C)C(=O)C(C)C(C)C(C)C1C.COC1(OC)C(C)C(C)C(C)C(C)C1(C)C(C)C(C)C#N. The number of hydrogen-bond acceptors (Lipinski definition) is 5. The van der Waals surface area contributed by atoms with Gasteiger partial charge in [-0.05, 0) is 61.2 Å². The summed E-state index contributed by atoms with van der Waals surface area (Å²) in [5.41, 5.74) is -0.572. The zero-order chi connectivity index (χ0) is 30.8. The van der Waals surface area contributed by atoms with E-state index >= 15 is 0 Å². The second-order valence-corrected chi connectivity index (χ2v) is 14.0. The Labute approximate surface area is 241 Å². The number of hydrogen-bond donors (Lipinski definition) is 0. The van der Waals surface area contributed by atoms with Gasteiger partial charge in [-0.2, -0.15) is 10.5 Å². The predicted octanol–water partition coefficient (Wildman–Crippen LogP) is 8.25. The Kier molecular flexibility index (Phi) is 11.9. The molecule has 2 rings (SSSR count). The van der Waals surface area contributed by atoms with Crippen LogP contribution in [0.15, 0.2) is 0 Å². The zero-order valence-corrected chi connectivity index (χ0v) is 28.0. The van der Waals surface area contributed by atoms with Crippen LogP contribution < -0.4 is 0 Å². The van der Waals surface area contributed by atoms with Crippen molar-refractivity contribution in [3.05, 3.63) is 0 Å². The fourth-order valence-electron chi connectivity index (χ4n) is 8.55. The second-order valence-electron chi connectivity index (χ2n) is 14.0. The number of ketones is 1. The summed E-state index contributed by atoms with van der Waals surface area (Å²) in [6, 6.07) is 4.74. The van der Waals surface area contributed by atoms with Gasteiger partial charge in [-0.3, -0.25) is 4.79 Å². The number of rotatable bonds is 6. The molecule has 0 spiro atoms. The topological polar surface area (TPSA) is 83.1 Å². The first-order valence-electron chi connectivity index (χ1n) is 15.3. The Hall–Kier alpha value is -1.43. The predicted molar refractivity (Wildman–Crippen MR) is 159 cm³/mol. The smallest absolute Gasteiger partial charge is 0.176 e. The van der Waals surface area contributed by atoms with Gasteiger partial charge in [0.05, 0.1) is 12.1 Å². The van der Waals surface area contributed by atoms with Crippen molar-refractivity contribution in [2.45, 2.75) is 103 Å². The highest BCUT2D eigenvalue weighted by Gasteiger charge is 2.64. The molecule has 0 aliphatic heterocycles. The molecule has 2 aliphatic rings. The molecule has 5 nitrogen and oxygen atoms in total. The number of carbonyl (C=O) groups is 1. The van der Waals surface area contributed by atoms with E-state index in [0.29, 0.717) is 41.3 Å². The third kappa shape index (κ3) is 5.45. The molecule has 2 aliphatic carbocycles. The minimum atomic E-state index is -0.650. The van der Waals surface area contributed by atoms with Crippen molar-refractivity contribution in [3.63, 3.8) is 0 Å². The summed E-state index contributed by atoms with van der Waals surface area (Å²) in [6.07, 6.45) is 0. The van der Waals surface area contributed by atoms with E-state index in [4.69, 9.17) is 14.7 Å². The van der Waals surface area contributed by atoms with Crippen molar-refractivity contribution < 1.29 is 14.3 Å². The fourth-order valence-corrected chi connectivity index (χ4v) is 8.55. The zero-order valence-electron chi connectivity index (χ0n) is 28.0. The summed E-state index contributed by atoms with van der Waals surface area (Å²) in [5.74, 6) is 3.07.